The van der Waals surface area contributed by atoms with Gasteiger partial charge in [0.2, 0.25) is 0 Å². The number of aliphatic hydroxyl groups is 2. The lowest BCUT2D eigenvalue weighted by atomic mass is 9.88. The lowest BCUT2D eigenvalue weighted by Crippen LogP contribution is -2.24. The summed E-state index contributed by atoms with van der Waals surface area (Å²) in [5.41, 5.74) is 1.72. The van der Waals surface area contributed by atoms with Crippen molar-refractivity contribution in [3.63, 3.8) is 0 Å². The summed E-state index contributed by atoms with van der Waals surface area (Å²) in [7, 11) is 0. The number of hydrogen-bond acceptors (Lipinski definition) is 2. The fourth-order valence-electron chi connectivity index (χ4n) is 1.61. The summed E-state index contributed by atoms with van der Waals surface area (Å²) in [6, 6.07) is 7.40. The summed E-state index contributed by atoms with van der Waals surface area (Å²) in [5, 5.41) is 19.2. The van der Waals surface area contributed by atoms with Crippen molar-refractivity contribution in [1.82, 2.24) is 0 Å². The van der Waals surface area contributed by atoms with Gasteiger partial charge in [-0.2, -0.15) is 0 Å². The summed E-state index contributed by atoms with van der Waals surface area (Å²) in [4.78, 5) is 0. The maximum absolute atomic E-state index is 9.65. The average molecular weight is 165 g/mol. The van der Waals surface area contributed by atoms with Crippen molar-refractivity contribution in [2.75, 3.05) is 0 Å². The first-order chi connectivity index (χ1) is 6.11. The van der Waals surface area contributed by atoms with Gasteiger partial charge in [0.25, 0.3) is 0 Å². The molecule has 1 aromatic carbocycles. The molecular formula is C10H12O2. The highest BCUT2D eigenvalue weighted by molar-refractivity contribution is 5.31. The van der Waals surface area contributed by atoms with E-state index >= 15 is 0 Å². The van der Waals surface area contributed by atoms with Gasteiger partial charge in [-0.25, -0.2) is 0 Å². The van der Waals surface area contributed by atoms with Gasteiger partial charge in [-0.15, -0.1) is 0 Å². The van der Waals surface area contributed by atoms with E-state index in [2.05, 4.69) is 0 Å². The molecule has 0 amide bonds. The second kappa shape index (κ2) is 2.88. The average Bonchev–Trinajstić information content (AvgIpc) is 2.13. The van der Waals surface area contributed by atoms with E-state index in [9.17, 15) is 10.2 Å². The van der Waals surface area contributed by atoms with E-state index in [-0.39, 0.29) is 0 Å². The van der Waals surface area contributed by atoms with Crippen LogP contribution in [0.15, 0.2) is 24.3 Å². The Hall–Kier alpha value is -0.860. The van der Waals surface area contributed by atoms with Crippen LogP contribution in [0.5, 0.6) is 0 Å². The molecule has 2 rings (SSSR count). The van der Waals surface area contributed by atoms with Gasteiger partial charge in [-0.1, -0.05) is 24.3 Å². The molecule has 0 unspecified atom stereocenters. The van der Waals surface area contributed by atoms with Crippen molar-refractivity contribution >= 4 is 0 Å². The molecule has 2 nitrogen and oxygen atoms in total. The summed E-state index contributed by atoms with van der Waals surface area (Å²) >= 11 is 0. The van der Waals surface area contributed by atoms with Crippen LogP contribution in [0.4, 0.5) is 0 Å². The number of aryl methyl sites for hydroxylation is 1. The molecule has 1 aliphatic rings. The molecule has 0 aromatic heterocycles. The van der Waals surface area contributed by atoms with Gasteiger partial charge >= 0.3 is 0 Å². The number of benzene rings is 1. The fraction of sp³-hybridized carbons (Fsp3) is 0.400. The van der Waals surface area contributed by atoms with Crippen molar-refractivity contribution < 1.29 is 11.6 Å². The molecule has 0 aliphatic heterocycles. The SMILES string of the molecule is [2H][C@]1(O)CCc2ccccc2[C@@H]1O. The smallest absolute Gasteiger partial charge is 0.105 e. The molecule has 0 spiro atoms. The van der Waals surface area contributed by atoms with Crippen LogP contribution in [-0.2, 0) is 6.42 Å². The quantitative estimate of drug-likeness (QED) is 0.602. The molecule has 12 heavy (non-hydrogen) atoms. The van der Waals surface area contributed by atoms with Crippen molar-refractivity contribution in [1.29, 1.82) is 0 Å². The van der Waals surface area contributed by atoms with Crippen molar-refractivity contribution in [3.05, 3.63) is 35.4 Å². The zero-order valence-corrected chi connectivity index (χ0v) is 6.70. The molecule has 0 bridgehead atoms. The highest BCUT2D eigenvalue weighted by Crippen LogP contribution is 2.29. The van der Waals surface area contributed by atoms with Gasteiger partial charge in [0.15, 0.2) is 0 Å². The Morgan fingerprint density at radius 2 is 2.08 bits per heavy atom. The third-order valence-corrected chi connectivity index (χ3v) is 2.32. The van der Waals surface area contributed by atoms with Crippen molar-refractivity contribution in [2.45, 2.75) is 25.0 Å². The topological polar surface area (TPSA) is 40.5 Å². The Morgan fingerprint density at radius 3 is 2.92 bits per heavy atom. The molecular weight excluding hydrogens is 152 g/mol. The Kier molecular flexibility index (Phi) is 1.59. The minimum atomic E-state index is -1.71. The number of rotatable bonds is 0. The van der Waals surface area contributed by atoms with Crippen LogP contribution in [0.25, 0.3) is 0 Å². The molecule has 2 atom stereocenters. The van der Waals surface area contributed by atoms with E-state index in [0.29, 0.717) is 18.4 Å². The minimum Gasteiger partial charge on any atom is -0.390 e. The van der Waals surface area contributed by atoms with Crippen LogP contribution < -0.4 is 0 Å². The highest BCUT2D eigenvalue weighted by Gasteiger charge is 2.25. The summed E-state index contributed by atoms with van der Waals surface area (Å²) in [5.74, 6) is 0. The first-order valence-electron chi connectivity index (χ1n) is 4.59. The van der Waals surface area contributed by atoms with Crippen molar-refractivity contribution in [2.24, 2.45) is 0 Å². The Labute approximate surface area is 72.9 Å². The molecule has 2 heteroatoms. The van der Waals surface area contributed by atoms with Crippen LogP contribution in [-0.4, -0.2) is 16.3 Å². The van der Waals surface area contributed by atoms with Gasteiger partial charge in [0.1, 0.15) is 6.10 Å². The number of hydrogen-bond donors (Lipinski definition) is 2. The third-order valence-electron chi connectivity index (χ3n) is 2.32. The van der Waals surface area contributed by atoms with Crippen LogP contribution in [0.1, 0.15) is 25.0 Å². The number of fused-ring (bicyclic) bond motifs is 1. The maximum Gasteiger partial charge on any atom is 0.105 e. The van der Waals surface area contributed by atoms with E-state index in [1.807, 2.05) is 18.2 Å². The lowest BCUT2D eigenvalue weighted by Gasteiger charge is -2.25. The second-order valence-electron chi connectivity index (χ2n) is 3.09. The van der Waals surface area contributed by atoms with E-state index in [0.717, 1.165) is 5.56 Å². The van der Waals surface area contributed by atoms with Gasteiger partial charge < -0.3 is 10.2 Å². The molecule has 0 saturated heterocycles. The van der Waals surface area contributed by atoms with Crippen LogP contribution in [0.3, 0.4) is 0 Å². The van der Waals surface area contributed by atoms with Crippen LogP contribution >= 0.6 is 0 Å². The first kappa shape index (κ1) is 6.63. The lowest BCUT2D eigenvalue weighted by molar-refractivity contribution is 0.00650. The zero-order chi connectivity index (χ0) is 9.47. The Balaban J connectivity index is 2.45. The molecule has 0 radical (unpaired) electrons. The van der Waals surface area contributed by atoms with Crippen molar-refractivity contribution in [3.8, 4) is 0 Å². The van der Waals surface area contributed by atoms with Crippen LogP contribution in [0, 0.1) is 0 Å². The Bertz CT molecular complexity index is 322. The molecule has 0 fully saturated rings. The second-order valence-corrected chi connectivity index (χ2v) is 3.09. The van der Waals surface area contributed by atoms with E-state index in [4.69, 9.17) is 1.37 Å². The van der Waals surface area contributed by atoms with E-state index in [1.165, 1.54) is 0 Å². The van der Waals surface area contributed by atoms with E-state index in [1.54, 1.807) is 6.07 Å². The van der Waals surface area contributed by atoms with E-state index < -0.39 is 12.2 Å². The minimum absolute atomic E-state index is 0.297. The van der Waals surface area contributed by atoms with Gasteiger partial charge in [0.05, 0.1) is 7.45 Å². The summed E-state index contributed by atoms with van der Waals surface area (Å²) < 4.78 is 7.47. The molecule has 64 valence electrons. The predicted molar refractivity (Wildman–Crippen MR) is 45.7 cm³/mol. The highest BCUT2D eigenvalue weighted by atomic mass is 16.3. The summed E-state index contributed by atoms with van der Waals surface area (Å²) in [6.07, 6.45) is -1.83. The largest absolute Gasteiger partial charge is 0.390 e. The molecule has 1 aromatic rings. The molecule has 2 N–H and O–H groups in total. The first-order valence-corrected chi connectivity index (χ1v) is 4.09. The number of aliphatic hydroxyl groups excluding tert-OH is 1. The Morgan fingerprint density at radius 1 is 1.33 bits per heavy atom. The molecule has 0 heterocycles. The fourth-order valence-corrected chi connectivity index (χ4v) is 1.61. The van der Waals surface area contributed by atoms with Crippen LogP contribution in [0.2, 0.25) is 0 Å². The monoisotopic (exact) mass is 165 g/mol. The van der Waals surface area contributed by atoms with Gasteiger partial charge in [-0.3, -0.25) is 0 Å². The van der Waals surface area contributed by atoms with Gasteiger partial charge in [0, 0.05) is 0 Å². The zero-order valence-electron chi connectivity index (χ0n) is 7.70. The maximum atomic E-state index is 9.65. The standard InChI is InChI=1S/C10H12O2/c11-9-6-5-7-3-1-2-4-8(7)10(9)12/h1-4,9-12H,5-6H2/t9-,10-/m0/s1/i9D. The molecule has 0 saturated carbocycles. The molecule has 1 aliphatic carbocycles. The summed E-state index contributed by atoms with van der Waals surface area (Å²) in [6.45, 7) is 0. The third kappa shape index (κ3) is 1.13. The normalized spacial score (nSPS) is 35.5. The van der Waals surface area contributed by atoms with Gasteiger partial charge in [-0.05, 0) is 24.0 Å². The predicted octanol–water partition coefficient (Wildman–Crippen LogP) is 1.03.